The third-order valence-electron chi connectivity index (χ3n) is 7.41. The van der Waals surface area contributed by atoms with E-state index in [0.717, 1.165) is 57.5 Å². The fourth-order valence-electron chi connectivity index (χ4n) is 5.15. The second-order valence-electron chi connectivity index (χ2n) is 10.3. The van der Waals surface area contributed by atoms with Crippen LogP contribution in [0.15, 0.2) is 78.9 Å². The van der Waals surface area contributed by atoms with Gasteiger partial charge in [-0.1, -0.05) is 74.4 Å². The van der Waals surface area contributed by atoms with Crippen LogP contribution in [0.25, 0.3) is 0 Å². The summed E-state index contributed by atoms with van der Waals surface area (Å²) in [6, 6.07) is 23.4. The zero-order valence-corrected chi connectivity index (χ0v) is 22.1. The van der Waals surface area contributed by atoms with Crippen LogP contribution in [0.2, 0.25) is 0 Å². The Hall–Kier alpha value is -3.12. The highest BCUT2D eigenvalue weighted by molar-refractivity contribution is 5.94. The number of unbranched alkanes of at least 4 members (excludes halogenated alkanes) is 2. The Labute approximate surface area is 224 Å². The van der Waals surface area contributed by atoms with Crippen LogP contribution >= 0.6 is 0 Å². The van der Waals surface area contributed by atoms with Crippen molar-refractivity contribution in [2.45, 2.75) is 70.8 Å². The van der Waals surface area contributed by atoms with Crippen LogP contribution in [0.4, 0.5) is 13.2 Å². The van der Waals surface area contributed by atoms with Crippen molar-refractivity contribution in [3.63, 3.8) is 0 Å². The predicted octanol–water partition coefficient (Wildman–Crippen LogP) is 7.75. The summed E-state index contributed by atoms with van der Waals surface area (Å²) in [6.45, 7) is 5.08. The van der Waals surface area contributed by atoms with Crippen LogP contribution in [0, 0.1) is 0 Å². The van der Waals surface area contributed by atoms with Crippen molar-refractivity contribution in [1.29, 1.82) is 0 Å². The van der Waals surface area contributed by atoms with Gasteiger partial charge in [0.05, 0.1) is 5.56 Å². The highest BCUT2D eigenvalue weighted by atomic mass is 19.4. The van der Waals surface area contributed by atoms with E-state index in [2.05, 4.69) is 24.0 Å². The topological polar surface area (TPSA) is 23.6 Å². The van der Waals surface area contributed by atoms with Crippen LogP contribution in [0.1, 0.15) is 71.6 Å². The lowest BCUT2D eigenvalue weighted by Crippen LogP contribution is -2.46. The molecule has 0 atom stereocenters. The monoisotopic (exact) mass is 522 g/mol. The Morgan fingerprint density at radius 3 is 2.08 bits per heavy atom. The number of nitrogens with zero attached hydrogens (tertiary/aromatic N) is 2. The second-order valence-corrected chi connectivity index (χ2v) is 10.3. The summed E-state index contributed by atoms with van der Waals surface area (Å²) in [7, 11) is 0. The van der Waals surface area contributed by atoms with Crippen molar-refractivity contribution in [3.8, 4) is 0 Å². The molecule has 0 bridgehead atoms. The van der Waals surface area contributed by atoms with E-state index in [-0.39, 0.29) is 11.9 Å². The normalized spacial score (nSPS) is 14.9. The highest BCUT2D eigenvalue weighted by Gasteiger charge is 2.31. The first-order valence-electron chi connectivity index (χ1n) is 13.7. The maximum absolute atomic E-state index is 13.8. The largest absolute Gasteiger partial charge is 0.416 e. The van der Waals surface area contributed by atoms with E-state index in [4.69, 9.17) is 0 Å². The SMILES string of the molecule is CCCCCc1ccc(C(=O)N(Cc2ccc(C(F)(F)F)cc2)C2CCN(Cc3ccccc3)CC2)cc1. The predicted molar refractivity (Wildman–Crippen MR) is 146 cm³/mol. The van der Waals surface area contributed by atoms with Crippen LogP contribution in [-0.4, -0.2) is 34.8 Å². The average molecular weight is 523 g/mol. The molecule has 0 aliphatic carbocycles. The molecule has 3 nitrogen and oxygen atoms in total. The molecule has 1 fully saturated rings. The van der Waals surface area contributed by atoms with Gasteiger partial charge in [-0.15, -0.1) is 0 Å². The molecular weight excluding hydrogens is 485 g/mol. The van der Waals surface area contributed by atoms with Gasteiger partial charge >= 0.3 is 6.18 Å². The number of piperidine rings is 1. The molecule has 6 heteroatoms. The molecule has 0 aromatic heterocycles. The maximum Gasteiger partial charge on any atom is 0.416 e. The lowest BCUT2D eigenvalue weighted by molar-refractivity contribution is -0.137. The second kappa shape index (κ2) is 13.1. The van der Waals surface area contributed by atoms with Crippen molar-refractivity contribution in [1.82, 2.24) is 9.80 Å². The Kier molecular flexibility index (Phi) is 9.62. The van der Waals surface area contributed by atoms with Gasteiger partial charge in [0.25, 0.3) is 5.91 Å². The average Bonchev–Trinajstić information content (AvgIpc) is 2.93. The summed E-state index contributed by atoms with van der Waals surface area (Å²) in [5.74, 6) is -0.0634. The number of carbonyl (C=O) groups excluding carboxylic acids is 1. The number of halogens is 3. The quantitative estimate of drug-likeness (QED) is 0.254. The molecule has 1 heterocycles. The Morgan fingerprint density at radius 1 is 0.842 bits per heavy atom. The Balaban J connectivity index is 1.48. The molecule has 3 aromatic carbocycles. The number of alkyl halides is 3. The van der Waals surface area contributed by atoms with Gasteiger partial charge in [0.1, 0.15) is 0 Å². The number of amides is 1. The van der Waals surface area contributed by atoms with E-state index in [9.17, 15) is 18.0 Å². The van der Waals surface area contributed by atoms with Gasteiger partial charge in [0, 0.05) is 37.8 Å². The lowest BCUT2D eigenvalue weighted by Gasteiger charge is -2.39. The van der Waals surface area contributed by atoms with Crippen molar-refractivity contribution in [3.05, 3.63) is 107 Å². The van der Waals surface area contributed by atoms with E-state index in [0.29, 0.717) is 17.7 Å². The van der Waals surface area contributed by atoms with Crippen molar-refractivity contribution in [2.24, 2.45) is 0 Å². The van der Waals surface area contributed by atoms with Crippen LogP contribution in [0.5, 0.6) is 0 Å². The lowest BCUT2D eigenvalue weighted by atomic mass is 9.99. The molecule has 38 heavy (non-hydrogen) atoms. The Morgan fingerprint density at radius 2 is 1.47 bits per heavy atom. The van der Waals surface area contributed by atoms with E-state index < -0.39 is 11.7 Å². The molecule has 202 valence electrons. The fourth-order valence-corrected chi connectivity index (χ4v) is 5.15. The number of aryl methyl sites for hydroxylation is 1. The summed E-state index contributed by atoms with van der Waals surface area (Å²) < 4.78 is 39.2. The number of likely N-dealkylation sites (tertiary alicyclic amines) is 1. The van der Waals surface area contributed by atoms with Crippen molar-refractivity contribution < 1.29 is 18.0 Å². The third kappa shape index (κ3) is 7.70. The number of rotatable bonds is 10. The van der Waals surface area contributed by atoms with Gasteiger partial charge in [-0.2, -0.15) is 13.2 Å². The zero-order chi connectivity index (χ0) is 27.0. The third-order valence-corrected chi connectivity index (χ3v) is 7.41. The molecule has 1 saturated heterocycles. The van der Waals surface area contributed by atoms with Gasteiger partial charge in [0.2, 0.25) is 0 Å². The molecule has 0 radical (unpaired) electrons. The molecule has 0 spiro atoms. The smallest absolute Gasteiger partial charge is 0.331 e. The van der Waals surface area contributed by atoms with Gasteiger partial charge in [-0.3, -0.25) is 9.69 Å². The minimum atomic E-state index is -4.38. The van der Waals surface area contributed by atoms with E-state index in [1.165, 1.54) is 36.1 Å². The first-order chi connectivity index (χ1) is 18.3. The molecule has 1 amide bonds. The van der Waals surface area contributed by atoms with Gasteiger partial charge in [0.15, 0.2) is 0 Å². The number of hydrogen-bond acceptors (Lipinski definition) is 2. The summed E-state index contributed by atoms with van der Waals surface area (Å²) in [6.07, 6.45) is 1.76. The summed E-state index contributed by atoms with van der Waals surface area (Å²) in [5, 5.41) is 0. The molecular formula is C32H37F3N2O. The molecule has 1 aliphatic rings. The Bertz CT molecular complexity index is 1140. The van der Waals surface area contributed by atoms with Crippen molar-refractivity contribution in [2.75, 3.05) is 13.1 Å². The first-order valence-corrected chi connectivity index (χ1v) is 13.7. The van der Waals surface area contributed by atoms with Crippen LogP contribution in [0.3, 0.4) is 0 Å². The van der Waals surface area contributed by atoms with E-state index >= 15 is 0 Å². The standard InChI is InChI=1S/C32H37F3N2O/c1-2-3-5-8-25-11-15-28(16-12-25)31(38)37(24-27-13-17-29(18-14-27)32(33,34)35)30-19-21-36(22-20-30)23-26-9-6-4-7-10-26/h4,6-7,9-18,30H,2-3,5,8,19-24H2,1H3. The molecule has 0 saturated carbocycles. The fraction of sp³-hybridized carbons (Fsp3) is 0.406. The van der Waals surface area contributed by atoms with Crippen molar-refractivity contribution >= 4 is 5.91 Å². The molecule has 0 unspecified atom stereocenters. The summed E-state index contributed by atoms with van der Waals surface area (Å²) in [4.78, 5) is 18.0. The minimum absolute atomic E-state index is 0.0287. The van der Waals surface area contributed by atoms with Gasteiger partial charge in [-0.25, -0.2) is 0 Å². The number of benzene rings is 3. The first kappa shape index (κ1) is 27.9. The van der Waals surface area contributed by atoms with Gasteiger partial charge < -0.3 is 4.90 Å². The molecule has 1 aliphatic heterocycles. The maximum atomic E-state index is 13.8. The summed E-state index contributed by atoms with van der Waals surface area (Å²) in [5.41, 5.74) is 3.14. The summed E-state index contributed by atoms with van der Waals surface area (Å²) >= 11 is 0. The van der Waals surface area contributed by atoms with Gasteiger partial charge in [-0.05, 0) is 66.6 Å². The van der Waals surface area contributed by atoms with E-state index in [1.807, 2.05) is 47.4 Å². The van der Waals surface area contributed by atoms with Crippen LogP contribution in [-0.2, 0) is 25.7 Å². The number of carbonyl (C=O) groups is 1. The molecule has 3 aromatic rings. The van der Waals surface area contributed by atoms with Crippen LogP contribution < -0.4 is 0 Å². The highest BCUT2D eigenvalue weighted by Crippen LogP contribution is 2.30. The number of hydrogen-bond donors (Lipinski definition) is 0. The molecule has 0 N–H and O–H groups in total. The zero-order valence-electron chi connectivity index (χ0n) is 22.1. The minimum Gasteiger partial charge on any atom is -0.331 e. The van der Waals surface area contributed by atoms with E-state index in [1.54, 1.807) is 0 Å². The molecule has 4 rings (SSSR count).